The van der Waals surface area contributed by atoms with Crippen LogP contribution >= 0.6 is 0 Å². The number of hydrogen-bond donors (Lipinski definition) is 1. The number of para-hydroxylation sites is 1. The molecule has 0 radical (unpaired) electrons. The maximum absolute atomic E-state index is 12.3. The van der Waals surface area contributed by atoms with Gasteiger partial charge in [-0.25, -0.2) is 0 Å². The Kier molecular flexibility index (Phi) is 3.54. The summed E-state index contributed by atoms with van der Waals surface area (Å²) in [5, 5.41) is 7.77. The van der Waals surface area contributed by atoms with E-state index in [0.717, 1.165) is 31.4 Å². The number of rotatable bonds is 3. The Bertz CT molecular complexity index is 828. The van der Waals surface area contributed by atoms with Gasteiger partial charge in [0.2, 0.25) is 0 Å². The zero-order valence-corrected chi connectivity index (χ0v) is 12.8. The first-order valence-electron chi connectivity index (χ1n) is 7.92. The average molecular weight is 306 g/mol. The van der Waals surface area contributed by atoms with E-state index in [1.54, 1.807) is 12.3 Å². The minimum absolute atomic E-state index is 0.0432. The van der Waals surface area contributed by atoms with Crippen molar-refractivity contribution < 1.29 is 4.79 Å². The zero-order chi connectivity index (χ0) is 15.6. The van der Waals surface area contributed by atoms with Crippen molar-refractivity contribution in [3.8, 4) is 0 Å². The molecular formula is C18H18N4O. The van der Waals surface area contributed by atoms with Crippen LogP contribution in [-0.2, 0) is 6.42 Å². The fourth-order valence-corrected chi connectivity index (χ4v) is 3.29. The third-order valence-electron chi connectivity index (χ3n) is 4.48. The summed E-state index contributed by atoms with van der Waals surface area (Å²) in [6.45, 7) is 1.61. The maximum atomic E-state index is 12.3. The Morgan fingerprint density at radius 3 is 3.09 bits per heavy atom. The molecule has 0 aliphatic carbocycles. The van der Waals surface area contributed by atoms with Gasteiger partial charge in [0.15, 0.2) is 0 Å². The lowest BCUT2D eigenvalue weighted by Gasteiger charge is -2.15. The van der Waals surface area contributed by atoms with E-state index < -0.39 is 0 Å². The van der Waals surface area contributed by atoms with Crippen molar-refractivity contribution in [3.05, 3.63) is 60.0 Å². The number of amides is 1. The lowest BCUT2D eigenvalue weighted by molar-refractivity contribution is 0.0781. The molecule has 0 bridgehead atoms. The van der Waals surface area contributed by atoms with Gasteiger partial charge in [0.1, 0.15) is 5.69 Å². The van der Waals surface area contributed by atoms with E-state index in [4.69, 9.17) is 0 Å². The molecule has 5 nitrogen and oxygen atoms in total. The number of nitrogens with one attached hydrogen (secondary N) is 1. The molecule has 1 amide bonds. The van der Waals surface area contributed by atoms with E-state index in [1.165, 1.54) is 10.9 Å². The number of benzene rings is 1. The number of aromatic nitrogens is 3. The number of carbonyl (C=O) groups is 1. The van der Waals surface area contributed by atoms with Crippen LogP contribution in [0.3, 0.4) is 0 Å². The molecule has 0 saturated carbocycles. The molecule has 1 aliphatic rings. The van der Waals surface area contributed by atoms with Gasteiger partial charge in [0.25, 0.3) is 5.91 Å². The smallest absolute Gasteiger partial charge is 0.271 e. The van der Waals surface area contributed by atoms with Crippen LogP contribution in [0.25, 0.3) is 10.9 Å². The molecule has 1 fully saturated rings. The Hall–Kier alpha value is -2.69. The van der Waals surface area contributed by atoms with Gasteiger partial charge in [-0.3, -0.25) is 14.9 Å². The van der Waals surface area contributed by atoms with Crippen molar-refractivity contribution >= 4 is 16.8 Å². The normalized spacial score (nSPS) is 17.7. The van der Waals surface area contributed by atoms with E-state index in [0.29, 0.717) is 11.6 Å². The molecule has 3 heterocycles. The molecule has 2 aromatic heterocycles. The minimum atomic E-state index is 0.0432. The lowest BCUT2D eigenvalue weighted by atomic mass is 9.99. The van der Waals surface area contributed by atoms with E-state index >= 15 is 0 Å². The van der Waals surface area contributed by atoms with Gasteiger partial charge in [-0.15, -0.1) is 0 Å². The third kappa shape index (κ3) is 2.82. The summed E-state index contributed by atoms with van der Waals surface area (Å²) >= 11 is 0. The van der Waals surface area contributed by atoms with Gasteiger partial charge in [-0.2, -0.15) is 5.10 Å². The summed E-state index contributed by atoms with van der Waals surface area (Å²) in [7, 11) is 0. The summed E-state index contributed by atoms with van der Waals surface area (Å²) < 4.78 is 0. The SMILES string of the molecule is O=C(c1ccn[nH]1)N1CC[C@H](Cc2cnc3ccccc3c2)C1. The van der Waals surface area contributed by atoms with Crippen LogP contribution in [-0.4, -0.2) is 39.1 Å². The van der Waals surface area contributed by atoms with Crippen LogP contribution in [0.2, 0.25) is 0 Å². The van der Waals surface area contributed by atoms with Crippen LogP contribution < -0.4 is 0 Å². The standard InChI is InChI=1S/C18H18N4O/c23-18(17-5-7-20-21-17)22-8-6-13(12-22)9-14-10-15-3-1-2-4-16(15)19-11-14/h1-5,7,10-11,13H,6,8-9,12H2,(H,20,21)/t13-/m1/s1. The summed E-state index contributed by atoms with van der Waals surface area (Å²) in [5.41, 5.74) is 2.83. The molecule has 1 saturated heterocycles. The van der Waals surface area contributed by atoms with Gasteiger partial charge < -0.3 is 4.90 Å². The van der Waals surface area contributed by atoms with Crippen LogP contribution in [0.4, 0.5) is 0 Å². The lowest BCUT2D eigenvalue weighted by Crippen LogP contribution is -2.29. The first-order valence-corrected chi connectivity index (χ1v) is 7.92. The molecule has 3 aromatic rings. The second kappa shape index (κ2) is 5.83. The highest BCUT2D eigenvalue weighted by Gasteiger charge is 2.27. The Morgan fingerprint density at radius 2 is 2.22 bits per heavy atom. The highest BCUT2D eigenvalue weighted by molar-refractivity contribution is 5.92. The van der Waals surface area contributed by atoms with Gasteiger partial charge >= 0.3 is 0 Å². The van der Waals surface area contributed by atoms with Crippen LogP contribution in [0.1, 0.15) is 22.5 Å². The fraction of sp³-hybridized carbons (Fsp3) is 0.278. The van der Waals surface area contributed by atoms with Crippen molar-refractivity contribution in [2.24, 2.45) is 5.92 Å². The Labute approximate surface area is 134 Å². The number of pyridine rings is 1. The number of carbonyl (C=O) groups excluding carboxylic acids is 1. The van der Waals surface area contributed by atoms with Crippen LogP contribution in [0, 0.1) is 5.92 Å². The number of nitrogens with zero attached hydrogens (tertiary/aromatic N) is 3. The molecule has 1 aliphatic heterocycles. The molecule has 23 heavy (non-hydrogen) atoms. The third-order valence-corrected chi connectivity index (χ3v) is 4.48. The quantitative estimate of drug-likeness (QED) is 0.809. The maximum Gasteiger partial charge on any atom is 0.271 e. The van der Waals surface area contributed by atoms with E-state index in [9.17, 15) is 4.79 Å². The zero-order valence-electron chi connectivity index (χ0n) is 12.8. The second-order valence-electron chi connectivity index (χ2n) is 6.12. The number of H-pyrrole nitrogens is 1. The van der Waals surface area contributed by atoms with Gasteiger partial charge in [0.05, 0.1) is 5.52 Å². The molecular weight excluding hydrogens is 288 g/mol. The Balaban J connectivity index is 1.44. The molecule has 0 unspecified atom stereocenters. The van der Waals surface area contributed by atoms with Crippen molar-refractivity contribution in [2.75, 3.05) is 13.1 Å². The van der Waals surface area contributed by atoms with E-state index in [2.05, 4.69) is 27.3 Å². The summed E-state index contributed by atoms with van der Waals surface area (Å²) in [6, 6.07) is 12.1. The average Bonchev–Trinajstić information content (AvgIpc) is 3.26. The number of aromatic amines is 1. The van der Waals surface area contributed by atoms with Crippen molar-refractivity contribution in [3.63, 3.8) is 0 Å². The van der Waals surface area contributed by atoms with Crippen LogP contribution in [0.5, 0.6) is 0 Å². The van der Waals surface area contributed by atoms with E-state index in [-0.39, 0.29) is 5.91 Å². The Morgan fingerprint density at radius 1 is 1.30 bits per heavy atom. The van der Waals surface area contributed by atoms with Crippen molar-refractivity contribution in [1.29, 1.82) is 0 Å². The highest BCUT2D eigenvalue weighted by Crippen LogP contribution is 2.23. The molecule has 1 N–H and O–H groups in total. The number of fused-ring (bicyclic) bond motifs is 1. The van der Waals surface area contributed by atoms with Crippen molar-refractivity contribution in [2.45, 2.75) is 12.8 Å². The molecule has 1 aromatic carbocycles. The topological polar surface area (TPSA) is 61.9 Å². The minimum Gasteiger partial charge on any atom is -0.337 e. The molecule has 0 spiro atoms. The van der Waals surface area contributed by atoms with Gasteiger partial charge in [-0.05, 0) is 42.5 Å². The first-order chi connectivity index (χ1) is 11.3. The van der Waals surface area contributed by atoms with Gasteiger partial charge in [0, 0.05) is 30.9 Å². The summed E-state index contributed by atoms with van der Waals surface area (Å²) in [4.78, 5) is 18.8. The fourth-order valence-electron chi connectivity index (χ4n) is 3.29. The monoisotopic (exact) mass is 306 g/mol. The molecule has 116 valence electrons. The predicted octanol–water partition coefficient (Wildman–Crippen LogP) is 2.66. The van der Waals surface area contributed by atoms with Crippen molar-refractivity contribution in [1.82, 2.24) is 20.1 Å². The second-order valence-corrected chi connectivity index (χ2v) is 6.12. The van der Waals surface area contributed by atoms with Crippen LogP contribution in [0.15, 0.2) is 48.8 Å². The van der Waals surface area contributed by atoms with E-state index in [1.807, 2.05) is 29.3 Å². The highest BCUT2D eigenvalue weighted by atomic mass is 16.2. The first kappa shape index (κ1) is 13.9. The molecule has 1 atom stereocenters. The molecule has 5 heteroatoms. The van der Waals surface area contributed by atoms with Gasteiger partial charge in [-0.1, -0.05) is 18.2 Å². The largest absolute Gasteiger partial charge is 0.337 e. The molecule has 4 rings (SSSR count). The summed E-state index contributed by atoms with van der Waals surface area (Å²) in [5.74, 6) is 0.534. The number of hydrogen-bond acceptors (Lipinski definition) is 3. The summed E-state index contributed by atoms with van der Waals surface area (Å²) in [6.07, 6.45) is 5.57. The number of likely N-dealkylation sites (tertiary alicyclic amines) is 1. The predicted molar refractivity (Wildman–Crippen MR) is 88.0 cm³/mol.